The zero-order valence-electron chi connectivity index (χ0n) is 15.0. The lowest BCUT2D eigenvalue weighted by atomic mass is 10.1. The number of hydrogen-bond donors (Lipinski definition) is 1. The van der Waals surface area contributed by atoms with Crippen molar-refractivity contribution < 1.29 is 4.79 Å². The molecule has 4 nitrogen and oxygen atoms in total. The maximum atomic E-state index is 12.6. The number of aryl methyl sites for hydroxylation is 2. The molecule has 0 spiro atoms. The van der Waals surface area contributed by atoms with Crippen molar-refractivity contribution in [2.24, 2.45) is 0 Å². The lowest BCUT2D eigenvalue weighted by Crippen LogP contribution is -2.39. The molecule has 5 heteroatoms. The third-order valence-electron chi connectivity index (χ3n) is 4.41. The Morgan fingerprint density at radius 3 is 2.76 bits per heavy atom. The van der Waals surface area contributed by atoms with E-state index in [-0.39, 0.29) is 11.9 Å². The molecule has 1 aromatic heterocycles. The standard InChI is InChI=1S/C20H23N3OS/c1-13-9-10-14(2)17(11-13)22-20(24)15(3)23(4)12-19-21-16-7-5-6-8-18(16)25-19/h5-11,15H,12H2,1-4H3,(H,22,24). The summed E-state index contributed by atoms with van der Waals surface area (Å²) in [6, 6.07) is 14.0. The lowest BCUT2D eigenvalue weighted by molar-refractivity contribution is -0.120. The van der Waals surface area contributed by atoms with Gasteiger partial charge in [0.15, 0.2) is 0 Å². The van der Waals surface area contributed by atoms with Gasteiger partial charge >= 0.3 is 0 Å². The van der Waals surface area contributed by atoms with Crippen LogP contribution in [-0.2, 0) is 11.3 Å². The van der Waals surface area contributed by atoms with Crippen molar-refractivity contribution in [2.75, 3.05) is 12.4 Å². The Morgan fingerprint density at radius 1 is 1.24 bits per heavy atom. The van der Waals surface area contributed by atoms with Crippen molar-refractivity contribution in [1.29, 1.82) is 0 Å². The van der Waals surface area contributed by atoms with Crippen LogP contribution >= 0.6 is 11.3 Å². The summed E-state index contributed by atoms with van der Waals surface area (Å²) in [6.45, 7) is 6.61. The second kappa shape index (κ2) is 7.33. The van der Waals surface area contributed by atoms with Crippen molar-refractivity contribution in [1.82, 2.24) is 9.88 Å². The molecule has 1 unspecified atom stereocenters. The first-order valence-electron chi connectivity index (χ1n) is 8.37. The number of likely N-dealkylation sites (N-methyl/N-ethyl adjacent to an activating group) is 1. The molecule has 0 radical (unpaired) electrons. The first-order chi connectivity index (χ1) is 11.9. The number of rotatable bonds is 5. The highest BCUT2D eigenvalue weighted by Gasteiger charge is 2.20. The number of carbonyl (C=O) groups is 1. The summed E-state index contributed by atoms with van der Waals surface area (Å²) in [6.07, 6.45) is 0. The van der Waals surface area contributed by atoms with Crippen LogP contribution in [0.25, 0.3) is 10.2 Å². The number of anilines is 1. The van der Waals surface area contributed by atoms with E-state index < -0.39 is 0 Å². The number of hydrogen-bond acceptors (Lipinski definition) is 4. The van der Waals surface area contributed by atoms with Gasteiger partial charge in [0, 0.05) is 5.69 Å². The van der Waals surface area contributed by atoms with Crippen molar-refractivity contribution in [3.8, 4) is 0 Å². The quantitative estimate of drug-likeness (QED) is 0.741. The Labute approximate surface area is 152 Å². The molecule has 0 saturated carbocycles. The van der Waals surface area contributed by atoms with Gasteiger partial charge in [-0.25, -0.2) is 4.98 Å². The van der Waals surface area contributed by atoms with Crippen LogP contribution in [0.5, 0.6) is 0 Å². The average Bonchev–Trinajstić information content (AvgIpc) is 2.99. The maximum Gasteiger partial charge on any atom is 0.241 e. The maximum absolute atomic E-state index is 12.6. The molecule has 1 amide bonds. The van der Waals surface area contributed by atoms with Crippen LogP contribution in [0.1, 0.15) is 23.1 Å². The van der Waals surface area contributed by atoms with Crippen molar-refractivity contribution in [2.45, 2.75) is 33.4 Å². The van der Waals surface area contributed by atoms with Crippen molar-refractivity contribution in [3.63, 3.8) is 0 Å². The highest BCUT2D eigenvalue weighted by Crippen LogP contribution is 2.23. The molecular formula is C20H23N3OS. The van der Waals surface area contributed by atoms with Crippen LogP contribution in [0.2, 0.25) is 0 Å². The zero-order valence-corrected chi connectivity index (χ0v) is 15.9. The van der Waals surface area contributed by atoms with Gasteiger partial charge in [0.2, 0.25) is 5.91 Å². The summed E-state index contributed by atoms with van der Waals surface area (Å²) < 4.78 is 1.18. The van der Waals surface area contributed by atoms with Crippen LogP contribution in [0.15, 0.2) is 42.5 Å². The zero-order chi connectivity index (χ0) is 18.0. The Morgan fingerprint density at radius 2 is 2.00 bits per heavy atom. The van der Waals surface area contributed by atoms with Crippen LogP contribution in [-0.4, -0.2) is 28.9 Å². The SMILES string of the molecule is Cc1ccc(C)c(NC(=O)C(C)N(C)Cc2nc3ccccc3s2)c1. The van der Waals surface area contributed by atoms with Gasteiger partial charge in [-0.2, -0.15) is 0 Å². The van der Waals surface area contributed by atoms with Gasteiger partial charge in [-0.1, -0.05) is 24.3 Å². The molecule has 0 fully saturated rings. The van der Waals surface area contributed by atoms with Gasteiger partial charge in [-0.3, -0.25) is 9.69 Å². The number of benzene rings is 2. The van der Waals surface area contributed by atoms with Gasteiger partial charge in [0.25, 0.3) is 0 Å². The van der Waals surface area contributed by atoms with E-state index >= 15 is 0 Å². The van der Waals surface area contributed by atoms with E-state index in [1.54, 1.807) is 11.3 Å². The summed E-state index contributed by atoms with van der Waals surface area (Å²) in [7, 11) is 1.96. The van der Waals surface area contributed by atoms with Gasteiger partial charge in [0.05, 0.1) is 22.8 Å². The molecular weight excluding hydrogens is 330 g/mol. The summed E-state index contributed by atoms with van der Waals surface area (Å²) >= 11 is 1.68. The van der Waals surface area contributed by atoms with Crippen LogP contribution in [0.4, 0.5) is 5.69 Å². The fraction of sp³-hybridized carbons (Fsp3) is 0.300. The van der Waals surface area contributed by atoms with E-state index in [1.807, 2.05) is 69.1 Å². The summed E-state index contributed by atoms with van der Waals surface area (Å²) in [5.41, 5.74) is 4.10. The third kappa shape index (κ3) is 4.06. The fourth-order valence-electron chi connectivity index (χ4n) is 2.65. The number of fused-ring (bicyclic) bond motifs is 1. The van der Waals surface area contributed by atoms with E-state index in [1.165, 1.54) is 4.70 Å². The minimum absolute atomic E-state index is 0.00249. The topological polar surface area (TPSA) is 45.2 Å². The second-order valence-corrected chi connectivity index (χ2v) is 7.59. The molecule has 3 rings (SSSR count). The first kappa shape index (κ1) is 17.6. The fourth-order valence-corrected chi connectivity index (χ4v) is 3.68. The molecule has 1 N–H and O–H groups in total. The molecule has 2 aromatic carbocycles. The Balaban J connectivity index is 1.67. The van der Waals surface area contributed by atoms with Crippen LogP contribution in [0.3, 0.4) is 0 Å². The van der Waals surface area contributed by atoms with Crippen LogP contribution in [0, 0.1) is 13.8 Å². The molecule has 0 aliphatic carbocycles. The number of nitrogens with one attached hydrogen (secondary N) is 1. The van der Waals surface area contributed by atoms with Gasteiger partial charge in [0.1, 0.15) is 5.01 Å². The third-order valence-corrected chi connectivity index (χ3v) is 5.44. The van der Waals surface area contributed by atoms with E-state index in [0.29, 0.717) is 6.54 Å². The monoisotopic (exact) mass is 353 g/mol. The summed E-state index contributed by atoms with van der Waals surface area (Å²) in [4.78, 5) is 19.3. The molecule has 1 heterocycles. The van der Waals surface area contributed by atoms with Crippen molar-refractivity contribution in [3.05, 3.63) is 58.6 Å². The normalized spacial score (nSPS) is 12.5. The largest absolute Gasteiger partial charge is 0.324 e. The smallest absolute Gasteiger partial charge is 0.241 e. The molecule has 0 aliphatic rings. The number of amides is 1. The molecule has 3 aromatic rings. The molecule has 1 atom stereocenters. The predicted molar refractivity (Wildman–Crippen MR) is 105 cm³/mol. The molecule has 0 aliphatic heterocycles. The number of para-hydroxylation sites is 1. The Bertz CT molecular complexity index is 870. The van der Waals surface area contributed by atoms with E-state index in [9.17, 15) is 4.79 Å². The second-order valence-electron chi connectivity index (χ2n) is 6.47. The Kier molecular flexibility index (Phi) is 5.16. The molecule has 25 heavy (non-hydrogen) atoms. The predicted octanol–water partition coefficient (Wildman–Crippen LogP) is 4.37. The molecule has 0 bridgehead atoms. The molecule has 130 valence electrons. The van der Waals surface area contributed by atoms with E-state index in [0.717, 1.165) is 27.3 Å². The van der Waals surface area contributed by atoms with Crippen molar-refractivity contribution >= 4 is 33.1 Å². The van der Waals surface area contributed by atoms with Gasteiger partial charge < -0.3 is 5.32 Å². The van der Waals surface area contributed by atoms with E-state index in [4.69, 9.17) is 0 Å². The van der Waals surface area contributed by atoms with E-state index in [2.05, 4.69) is 16.4 Å². The highest BCUT2D eigenvalue weighted by molar-refractivity contribution is 7.18. The van der Waals surface area contributed by atoms with Gasteiger partial charge in [-0.05, 0) is 57.1 Å². The number of thiazole rings is 1. The first-order valence-corrected chi connectivity index (χ1v) is 9.18. The minimum Gasteiger partial charge on any atom is -0.324 e. The number of nitrogens with zero attached hydrogens (tertiary/aromatic N) is 2. The number of aromatic nitrogens is 1. The minimum atomic E-state index is -0.244. The Hall–Kier alpha value is -2.24. The van der Waals surface area contributed by atoms with Crippen LogP contribution < -0.4 is 5.32 Å². The van der Waals surface area contributed by atoms with Gasteiger partial charge in [-0.15, -0.1) is 11.3 Å². The average molecular weight is 353 g/mol. The summed E-state index contributed by atoms with van der Waals surface area (Å²) in [5, 5.41) is 4.07. The summed E-state index contributed by atoms with van der Waals surface area (Å²) in [5.74, 6) is -0.00249. The highest BCUT2D eigenvalue weighted by atomic mass is 32.1. The molecule has 0 saturated heterocycles. The number of carbonyl (C=O) groups excluding carboxylic acids is 1. The lowest BCUT2D eigenvalue weighted by Gasteiger charge is -2.23.